The van der Waals surface area contributed by atoms with E-state index in [1.54, 1.807) is 7.05 Å². The van der Waals surface area contributed by atoms with Gasteiger partial charge in [-0.25, -0.2) is 0 Å². The van der Waals surface area contributed by atoms with Crippen molar-refractivity contribution in [3.05, 3.63) is 34.1 Å². The summed E-state index contributed by atoms with van der Waals surface area (Å²) in [6.45, 7) is 0.356. The maximum absolute atomic E-state index is 13.3. The fourth-order valence-electron chi connectivity index (χ4n) is 1.51. The molecule has 1 amide bonds. The van der Waals surface area contributed by atoms with Crippen LogP contribution in [0.4, 0.5) is 10.1 Å². The standard InChI is InChI=1S/C13H14FN3O4/c1-16(7-2-6-15)13(18)5-8-21-10-3-4-12(17(19)20)11(14)9-10/h3-4,9H,2,5,7-8H2,1H3. The van der Waals surface area contributed by atoms with Crippen molar-refractivity contribution in [2.24, 2.45) is 0 Å². The number of rotatable bonds is 7. The summed E-state index contributed by atoms with van der Waals surface area (Å²) >= 11 is 0. The van der Waals surface area contributed by atoms with Crippen LogP contribution in [0.25, 0.3) is 0 Å². The van der Waals surface area contributed by atoms with Gasteiger partial charge in [0.2, 0.25) is 11.7 Å². The number of ether oxygens (including phenoxy) is 1. The molecule has 1 rings (SSSR count). The van der Waals surface area contributed by atoms with Gasteiger partial charge in [0.1, 0.15) is 5.75 Å². The molecule has 1 aromatic carbocycles. The van der Waals surface area contributed by atoms with E-state index in [-0.39, 0.29) is 31.1 Å². The highest BCUT2D eigenvalue weighted by atomic mass is 19.1. The molecule has 0 heterocycles. The Morgan fingerprint density at radius 2 is 2.29 bits per heavy atom. The number of nitrogens with zero attached hydrogens (tertiary/aromatic N) is 3. The monoisotopic (exact) mass is 295 g/mol. The molecule has 0 fully saturated rings. The highest BCUT2D eigenvalue weighted by Gasteiger charge is 2.14. The zero-order valence-corrected chi connectivity index (χ0v) is 11.4. The predicted molar refractivity (Wildman–Crippen MR) is 71.0 cm³/mol. The minimum Gasteiger partial charge on any atom is -0.493 e. The maximum Gasteiger partial charge on any atom is 0.305 e. The van der Waals surface area contributed by atoms with Crippen LogP contribution in [0.5, 0.6) is 5.75 Å². The van der Waals surface area contributed by atoms with Crippen molar-refractivity contribution in [2.45, 2.75) is 12.8 Å². The van der Waals surface area contributed by atoms with Crippen molar-refractivity contribution >= 4 is 11.6 Å². The second-order valence-electron chi connectivity index (χ2n) is 4.19. The number of halogens is 1. The summed E-state index contributed by atoms with van der Waals surface area (Å²) in [5.41, 5.74) is -0.630. The molecule has 0 saturated carbocycles. The predicted octanol–water partition coefficient (Wildman–Crippen LogP) is 1.87. The molecule has 7 nitrogen and oxygen atoms in total. The normalized spacial score (nSPS) is 9.76. The Bertz CT molecular complexity index is 571. The van der Waals surface area contributed by atoms with Gasteiger partial charge in [0.15, 0.2) is 0 Å². The lowest BCUT2D eigenvalue weighted by Crippen LogP contribution is -2.28. The van der Waals surface area contributed by atoms with Crippen LogP contribution >= 0.6 is 0 Å². The summed E-state index contributed by atoms with van der Waals surface area (Å²) in [5.74, 6) is -1.08. The highest BCUT2D eigenvalue weighted by molar-refractivity contribution is 5.75. The molecule has 0 aliphatic carbocycles. The Balaban J connectivity index is 2.46. The third-order valence-electron chi connectivity index (χ3n) is 2.69. The van der Waals surface area contributed by atoms with E-state index in [4.69, 9.17) is 10.00 Å². The van der Waals surface area contributed by atoms with E-state index in [1.165, 1.54) is 11.0 Å². The molecule has 8 heteroatoms. The SMILES string of the molecule is CN(CCC#N)C(=O)CCOc1ccc([N+](=O)[O-])c(F)c1. The molecule has 0 spiro atoms. The first-order chi connectivity index (χ1) is 9.95. The summed E-state index contributed by atoms with van der Waals surface area (Å²) in [6.07, 6.45) is 0.317. The smallest absolute Gasteiger partial charge is 0.305 e. The van der Waals surface area contributed by atoms with Gasteiger partial charge in [-0.3, -0.25) is 14.9 Å². The minimum atomic E-state index is -0.991. The number of carbonyl (C=O) groups excluding carboxylic acids is 1. The lowest BCUT2D eigenvalue weighted by Gasteiger charge is -2.15. The summed E-state index contributed by atoms with van der Waals surface area (Å²) < 4.78 is 18.5. The Labute approximate surface area is 120 Å². The Hall–Kier alpha value is -2.69. The molecular weight excluding hydrogens is 281 g/mol. The van der Waals surface area contributed by atoms with Crippen molar-refractivity contribution in [1.29, 1.82) is 5.26 Å². The summed E-state index contributed by atoms with van der Waals surface area (Å²) in [5, 5.41) is 18.9. The van der Waals surface area contributed by atoms with Crippen LogP contribution in [0.2, 0.25) is 0 Å². The van der Waals surface area contributed by atoms with Crippen LogP contribution in [-0.4, -0.2) is 35.9 Å². The van der Waals surface area contributed by atoms with Crippen LogP contribution in [0.1, 0.15) is 12.8 Å². The van der Waals surface area contributed by atoms with Crippen LogP contribution in [0.3, 0.4) is 0 Å². The number of nitriles is 1. The molecule has 0 bridgehead atoms. The molecule has 0 saturated heterocycles. The number of amides is 1. The van der Waals surface area contributed by atoms with Gasteiger partial charge in [-0.15, -0.1) is 0 Å². The molecule has 0 unspecified atom stereocenters. The number of carbonyl (C=O) groups is 1. The second kappa shape index (κ2) is 7.79. The van der Waals surface area contributed by atoms with Crippen molar-refractivity contribution in [1.82, 2.24) is 4.90 Å². The molecule has 0 aliphatic rings. The van der Waals surface area contributed by atoms with E-state index in [0.29, 0.717) is 6.54 Å². The Morgan fingerprint density at radius 1 is 1.57 bits per heavy atom. The van der Waals surface area contributed by atoms with E-state index in [0.717, 1.165) is 12.1 Å². The summed E-state index contributed by atoms with van der Waals surface area (Å²) in [4.78, 5) is 22.7. The van der Waals surface area contributed by atoms with Crippen LogP contribution in [0.15, 0.2) is 18.2 Å². The number of benzene rings is 1. The summed E-state index contributed by atoms with van der Waals surface area (Å²) in [7, 11) is 1.57. The summed E-state index contributed by atoms with van der Waals surface area (Å²) in [6, 6.07) is 5.11. The van der Waals surface area contributed by atoms with Crippen molar-refractivity contribution in [3.8, 4) is 11.8 Å². The van der Waals surface area contributed by atoms with Gasteiger partial charge in [-0.2, -0.15) is 9.65 Å². The van der Waals surface area contributed by atoms with E-state index < -0.39 is 16.4 Å². The van der Waals surface area contributed by atoms with Gasteiger partial charge in [-0.1, -0.05) is 0 Å². The van der Waals surface area contributed by atoms with E-state index >= 15 is 0 Å². The average Bonchev–Trinajstić information content (AvgIpc) is 2.44. The molecule has 21 heavy (non-hydrogen) atoms. The first kappa shape index (κ1) is 16.4. The Morgan fingerprint density at radius 3 is 2.86 bits per heavy atom. The molecule has 0 aromatic heterocycles. The molecule has 1 aromatic rings. The van der Waals surface area contributed by atoms with E-state index in [2.05, 4.69) is 0 Å². The second-order valence-corrected chi connectivity index (χ2v) is 4.19. The average molecular weight is 295 g/mol. The molecular formula is C13H14FN3O4. The van der Waals surface area contributed by atoms with Gasteiger partial charge < -0.3 is 9.64 Å². The van der Waals surface area contributed by atoms with Gasteiger partial charge in [0.25, 0.3) is 0 Å². The van der Waals surface area contributed by atoms with Gasteiger partial charge in [0, 0.05) is 25.7 Å². The van der Waals surface area contributed by atoms with Gasteiger partial charge in [0.05, 0.1) is 30.4 Å². The van der Waals surface area contributed by atoms with Gasteiger partial charge in [-0.05, 0) is 6.07 Å². The molecule has 0 atom stereocenters. The maximum atomic E-state index is 13.3. The lowest BCUT2D eigenvalue weighted by atomic mass is 10.3. The topological polar surface area (TPSA) is 96.5 Å². The van der Waals surface area contributed by atoms with Gasteiger partial charge >= 0.3 is 5.69 Å². The molecule has 0 aliphatic heterocycles. The van der Waals surface area contributed by atoms with Crippen LogP contribution in [0, 0.1) is 27.3 Å². The van der Waals surface area contributed by atoms with Crippen LogP contribution < -0.4 is 4.74 Å². The lowest BCUT2D eigenvalue weighted by molar-refractivity contribution is -0.387. The Kier molecular flexibility index (Phi) is 6.07. The first-order valence-electron chi connectivity index (χ1n) is 6.13. The zero-order chi connectivity index (χ0) is 15.8. The van der Waals surface area contributed by atoms with Crippen molar-refractivity contribution < 1.29 is 18.8 Å². The third kappa shape index (κ3) is 5.06. The number of hydrogen-bond donors (Lipinski definition) is 0. The number of hydrogen-bond acceptors (Lipinski definition) is 5. The molecule has 0 N–H and O–H groups in total. The molecule has 0 radical (unpaired) electrons. The van der Waals surface area contributed by atoms with Crippen molar-refractivity contribution in [2.75, 3.05) is 20.2 Å². The highest BCUT2D eigenvalue weighted by Crippen LogP contribution is 2.22. The largest absolute Gasteiger partial charge is 0.493 e. The van der Waals surface area contributed by atoms with Crippen molar-refractivity contribution in [3.63, 3.8) is 0 Å². The zero-order valence-electron chi connectivity index (χ0n) is 11.4. The minimum absolute atomic E-state index is 0.0208. The fourth-order valence-corrected chi connectivity index (χ4v) is 1.51. The van der Waals surface area contributed by atoms with E-state index in [1.807, 2.05) is 6.07 Å². The van der Waals surface area contributed by atoms with E-state index in [9.17, 15) is 19.3 Å². The van der Waals surface area contributed by atoms with Crippen LogP contribution in [-0.2, 0) is 4.79 Å². The third-order valence-corrected chi connectivity index (χ3v) is 2.69. The quantitative estimate of drug-likeness (QED) is 0.565. The first-order valence-corrected chi connectivity index (χ1v) is 6.13. The number of nitro benzene ring substituents is 1. The fraction of sp³-hybridized carbons (Fsp3) is 0.385. The molecule has 112 valence electrons. The number of nitro groups is 1.